The third-order valence-electron chi connectivity index (χ3n) is 4.89. The summed E-state index contributed by atoms with van der Waals surface area (Å²) in [6, 6.07) is 10.6. The van der Waals surface area contributed by atoms with Crippen molar-refractivity contribution >= 4 is 5.91 Å². The van der Waals surface area contributed by atoms with Gasteiger partial charge in [0.05, 0.1) is 19.8 Å². The van der Waals surface area contributed by atoms with Crippen molar-refractivity contribution in [2.45, 2.75) is 25.6 Å². The first kappa shape index (κ1) is 24.5. The fraction of sp³-hybridized carbons (Fsp3) is 0.435. The molecule has 0 fully saturated rings. The second kappa shape index (κ2) is 11.0. The average Bonchev–Trinajstić information content (AvgIpc) is 2.73. The largest absolute Gasteiger partial charge is 0.493 e. The Hall–Kier alpha value is -2.74. The van der Waals surface area contributed by atoms with E-state index >= 15 is 0 Å². The SMILES string of the molecule is COc1cccc(CCC(=O)N(CCN(C)C)Cc2cccc(C(F)(F)F)c2)c1OC. The Bertz CT molecular complexity index is 869. The number of carbonyl (C=O) groups is 1. The van der Waals surface area contributed by atoms with E-state index in [0.717, 1.165) is 17.7 Å². The fourth-order valence-electron chi connectivity index (χ4n) is 3.23. The average molecular weight is 438 g/mol. The van der Waals surface area contributed by atoms with E-state index < -0.39 is 11.7 Å². The van der Waals surface area contributed by atoms with Crippen LogP contribution in [0.4, 0.5) is 13.2 Å². The summed E-state index contributed by atoms with van der Waals surface area (Å²) in [6.07, 6.45) is -3.78. The van der Waals surface area contributed by atoms with Gasteiger partial charge in [0.15, 0.2) is 11.5 Å². The van der Waals surface area contributed by atoms with Gasteiger partial charge >= 0.3 is 6.18 Å². The number of rotatable bonds is 10. The minimum absolute atomic E-state index is 0.117. The van der Waals surface area contributed by atoms with Gasteiger partial charge in [-0.2, -0.15) is 13.2 Å². The molecule has 2 aromatic rings. The summed E-state index contributed by atoms with van der Waals surface area (Å²) in [5, 5.41) is 0. The summed E-state index contributed by atoms with van der Waals surface area (Å²) >= 11 is 0. The fourth-order valence-corrected chi connectivity index (χ4v) is 3.23. The van der Waals surface area contributed by atoms with Gasteiger partial charge in [-0.15, -0.1) is 0 Å². The quantitative estimate of drug-likeness (QED) is 0.556. The van der Waals surface area contributed by atoms with Crippen LogP contribution >= 0.6 is 0 Å². The van der Waals surface area contributed by atoms with Gasteiger partial charge in [-0.3, -0.25) is 4.79 Å². The topological polar surface area (TPSA) is 42.0 Å². The lowest BCUT2D eigenvalue weighted by atomic mass is 10.1. The maximum Gasteiger partial charge on any atom is 0.416 e. The molecule has 0 aromatic heterocycles. The predicted octanol–water partition coefficient (Wildman–Crippen LogP) is 4.25. The van der Waals surface area contributed by atoms with Crippen LogP contribution in [0.25, 0.3) is 0 Å². The number of alkyl halides is 3. The Balaban J connectivity index is 2.15. The van der Waals surface area contributed by atoms with Crippen molar-refractivity contribution < 1.29 is 27.4 Å². The number of carbonyl (C=O) groups excluding carboxylic acids is 1. The highest BCUT2D eigenvalue weighted by molar-refractivity contribution is 5.76. The number of aryl methyl sites for hydroxylation is 1. The Kier molecular flexibility index (Phi) is 8.74. The molecule has 0 bridgehead atoms. The summed E-state index contributed by atoms with van der Waals surface area (Å²) < 4.78 is 49.9. The number of ether oxygens (including phenoxy) is 2. The molecular weight excluding hydrogens is 409 g/mol. The molecular formula is C23H29F3N2O3. The van der Waals surface area contributed by atoms with Crippen LogP contribution in [0.3, 0.4) is 0 Å². The molecule has 0 unspecified atom stereocenters. The maximum absolute atomic E-state index is 13.1. The molecule has 0 N–H and O–H groups in total. The van der Waals surface area contributed by atoms with Crippen LogP contribution in [-0.2, 0) is 23.9 Å². The van der Waals surface area contributed by atoms with E-state index in [1.165, 1.54) is 6.07 Å². The molecule has 170 valence electrons. The van der Waals surface area contributed by atoms with Crippen molar-refractivity contribution in [3.05, 3.63) is 59.2 Å². The molecule has 0 saturated carbocycles. The molecule has 0 saturated heterocycles. The lowest BCUT2D eigenvalue weighted by molar-refractivity contribution is -0.137. The van der Waals surface area contributed by atoms with Crippen molar-refractivity contribution in [2.24, 2.45) is 0 Å². The highest BCUT2D eigenvalue weighted by Gasteiger charge is 2.30. The number of benzene rings is 2. The number of para-hydroxylation sites is 1. The van der Waals surface area contributed by atoms with Crippen LogP contribution in [0.15, 0.2) is 42.5 Å². The standard InChI is InChI=1S/C23H29F3N2O3/c1-27(2)13-14-28(16-17-7-5-9-19(15-17)23(24,25)26)21(29)12-11-18-8-6-10-20(30-3)22(18)31-4/h5-10,15H,11-14,16H2,1-4H3. The second-order valence-corrected chi connectivity index (χ2v) is 7.47. The lowest BCUT2D eigenvalue weighted by Crippen LogP contribution is -2.36. The van der Waals surface area contributed by atoms with Crippen molar-refractivity contribution in [1.82, 2.24) is 9.80 Å². The number of hydrogen-bond donors (Lipinski definition) is 0. The second-order valence-electron chi connectivity index (χ2n) is 7.47. The Morgan fingerprint density at radius 1 is 1.00 bits per heavy atom. The zero-order valence-electron chi connectivity index (χ0n) is 18.3. The minimum atomic E-state index is -4.42. The van der Waals surface area contributed by atoms with Crippen molar-refractivity contribution in [2.75, 3.05) is 41.4 Å². The van der Waals surface area contributed by atoms with Gasteiger partial charge < -0.3 is 19.3 Å². The zero-order chi connectivity index (χ0) is 23.0. The monoisotopic (exact) mass is 438 g/mol. The molecule has 0 atom stereocenters. The van der Waals surface area contributed by atoms with E-state index in [1.807, 2.05) is 31.1 Å². The summed E-state index contributed by atoms with van der Waals surface area (Å²) in [6.45, 7) is 1.14. The molecule has 1 amide bonds. The van der Waals surface area contributed by atoms with Gasteiger partial charge in [0.1, 0.15) is 0 Å². The van der Waals surface area contributed by atoms with Gasteiger partial charge in [-0.25, -0.2) is 0 Å². The van der Waals surface area contributed by atoms with Crippen LogP contribution in [0.5, 0.6) is 11.5 Å². The lowest BCUT2D eigenvalue weighted by Gasteiger charge is -2.25. The number of methoxy groups -OCH3 is 2. The number of likely N-dealkylation sites (N-methyl/N-ethyl adjacent to an activating group) is 1. The number of nitrogens with zero attached hydrogens (tertiary/aromatic N) is 2. The third-order valence-corrected chi connectivity index (χ3v) is 4.89. The van der Waals surface area contributed by atoms with E-state index in [2.05, 4.69) is 0 Å². The van der Waals surface area contributed by atoms with Gasteiger partial charge in [0, 0.05) is 26.1 Å². The summed E-state index contributed by atoms with van der Waals surface area (Å²) in [4.78, 5) is 16.5. The van der Waals surface area contributed by atoms with Crippen LogP contribution in [0.1, 0.15) is 23.1 Å². The molecule has 2 rings (SSSR count). The number of amides is 1. The predicted molar refractivity (Wildman–Crippen MR) is 113 cm³/mol. The first-order chi connectivity index (χ1) is 14.7. The maximum atomic E-state index is 13.1. The van der Waals surface area contributed by atoms with Crippen LogP contribution in [0.2, 0.25) is 0 Å². The van der Waals surface area contributed by atoms with Crippen LogP contribution < -0.4 is 9.47 Å². The number of halogens is 3. The Morgan fingerprint density at radius 2 is 1.71 bits per heavy atom. The highest BCUT2D eigenvalue weighted by Crippen LogP contribution is 2.32. The smallest absolute Gasteiger partial charge is 0.416 e. The molecule has 0 aliphatic rings. The van der Waals surface area contributed by atoms with Crippen molar-refractivity contribution in [1.29, 1.82) is 0 Å². The molecule has 8 heteroatoms. The first-order valence-electron chi connectivity index (χ1n) is 9.94. The molecule has 0 heterocycles. The molecule has 31 heavy (non-hydrogen) atoms. The number of hydrogen-bond acceptors (Lipinski definition) is 4. The van der Waals surface area contributed by atoms with Gasteiger partial charge in [0.2, 0.25) is 5.91 Å². The van der Waals surface area contributed by atoms with E-state index in [0.29, 0.717) is 36.6 Å². The van der Waals surface area contributed by atoms with Gasteiger partial charge in [0.25, 0.3) is 0 Å². The highest BCUT2D eigenvalue weighted by atomic mass is 19.4. The minimum Gasteiger partial charge on any atom is -0.493 e. The molecule has 5 nitrogen and oxygen atoms in total. The molecule has 0 aliphatic heterocycles. The Labute approximate surface area is 181 Å². The van der Waals surface area contributed by atoms with E-state index in [4.69, 9.17) is 9.47 Å². The zero-order valence-corrected chi connectivity index (χ0v) is 18.3. The van der Waals surface area contributed by atoms with Crippen molar-refractivity contribution in [3.8, 4) is 11.5 Å². The molecule has 0 spiro atoms. The van der Waals surface area contributed by atoms with Crippen LogP contribution in [0, 0.1) is 0 Å². The van der Waals surface area contributed by atoms with Gasteiger partial charge in [-0.05, 0) is 49.8 Å². The van der Waals surface area contributed by atoms with E-state index in [-0.39, 0.29) is 18.9 Å². The summed E-state index contributed by atoms with van der Waals surface area (Å²) in [5.41, 5.74) is 0.564. The van der Waals surface area contributed by atoms with E-state index in [1.54, 1.807) is 31.3 Å². The molecule has 2 aromatic carbocycles. The Morgan fingerprint density at radius 3 is 2.32 bits per heavy atom. The summed E-state index contributed by atoms with van der Waals surface area (Å²) in [7, 11) is 6.85. The van der Waals surface area contributed by atoms with E-state index in [9.17, 15) is 18.0 Å². The van der Waals surface area contributed by atoms with Crippen LogP contribution in [-0.4, -0.2) is 57.1 Å². The first-order valence-corrected chi connectivity index (χ1v) is 9.94. The third kappa shape index (κ3) is 7.17. The molecule has 0 radical (unpaired) electrons. The van der Waals surface area contributed by atoms with Gasteiger partial charge in [-0.1, -0.05) is 24.3 Å². The van der Waals surface area contributed by atoms with Crippen molar-refractivity contribution in [3.63, 3.8) is 0 Å². The normalized spacial score (nSPS) is 11.5. The molecule has 0 aliphatic carbocycles. The summed E-state index contributed by atoms with van der Waals surface area (Å²) in [5.74, 6) is 1.03.